The molecule has 0 fully saturated rings. The Balaban J connectivity index is 2.12. The molecular formula is C20H23ClN2O4. The summed E-state index contributed by atoms with van der Waals surface area (Å²) >= 11 is 6.13. The fourth-order valence-corrected chi connectivity index (χ4v) is 2.76. The van der Waals surface area contributed by atoms with Crippen molar-refractivity contribution in [3.05, 3.63) is 47.0 Å². The second kappa shape index (κ2) is 9.28. The minimum absolute atomic E-state index is 0.127. The maximum absolute atomic E-state index is 12.3. The highest BCUT2D eigenvalue weighted by atomic mass is 35.5. The Bertz CT molecular complexity index is 839. The van der Waals surface area contributed by atoms with Crippen LogP contribution < -0.4 is 19.7 Å². The standard InChI is InChI=1S/C20H23ClN2O4/c1-13-10-18(19(27-4)12-17(13)21)23(14(2)24)9-8-20(25)22-15-6-5-7-16(11-15)26-3/h5-7,10-12H,8-9H2,1-4H3,(H,22,25). The molecule has 2 aromatic rings. The molecule has 0 aliphatic heterocycles. The smallest absolute Gasteiger partial charge is 0.226 e. The summed E-state index contributed by atoms with van der Waals surface area (Å²) in [6, 6.07) is 10.5. The zero-order chi connectivity index (χ0) is 20.0. The first kappa shape index (κ1) is 20.6. The third kappa shape index (κ3) is 5.37. The lowest BCUT2D eigenvalue weighted by molar-refractivity contribution is -0.117. The third-order valence-corrected chi connectivity index (χ3v) is 4.45. The molecule has 1 N–H and O–H groups in total. The van der Waals surface area contributed by atoms with Crippen LogP contribution in [0.1, 0.15) is 18.9 Å². The molecule has 0 spiro atoms. The lowest BCUT2D eigenvalue weighted by atomic mass is 10.1. The molecule has 0 aliphatic rings. The molecule has 0 unspecified atom stereocenters. The van der Waals surface area contributed by atoms with Gasteiger partial charge in [-0.25, -0.2) is 0 Å². The lowest BCUT2D eigenvalue weighted by Crippen LogP contribution is -2.32. The molecule has 0 saturated heterocycles. The SMILES string of the molecule is COc1cccc(NC(=O)CCN(C(C)=O)c2cc(C)c(Cl)cc2OC)c1. The number of ether oxygens (including phenoxy) is 2. The van der Waals surface area contributed by atoms with E-state index in [2.05, 4.69) is 5.32 Å². The summed E-state index contributed by atoms with van der Waals surface area (Å²) in [5, 5.41) is 3.35. The van der Waals surface area contributed by atoms with E-state index in [0.29, 0.717) is 27.9 Å². The molecule has 0 heterocycles. The molecule has 0 radical (unpaired) electrons. The first-order valence-corrected chi connectivity index (χ1v) is 8.79. The molecule has 0 aliphatic carbocycles. The number of aryl methyl sites for hydroxylation is 1. The maximum Gasteiger partial charge on any atom is 0.226 e. The minimum Gasteiger partial charge on any atom is -0.497 e. The van der Waals surface area contributed by atoms with Crippen LogP contribution in [0.15, 0.2) is 36.4 Å². The van der Waals surface area contributed by atoms with E-state index in [9.17, 15) is 9.59 Å². The number of carbonyl (C=O) groups excluding carboxylic acids is 2. The number of rotatable bonds is 7. The molecule has 2 aromatic carbocycles. The summed E-state index contributed by atoms with van der Waals surface area (Å²) in [7, 11) is 3.07. The van der Waals surface area contributed by atoms with Gasteiger partial charge in [0, 0.05) is 42.7 Å². The van der Waals surface area contributed by atoms with E-state index >= 15 is 0 Å². The van der Waals surface area contributed by atoms with Crippen molar-refractivity contribution in [2.75, 3.05) is 31.0 Å². The summed E-state index contributed by atoms with van der Waals surface area (Å²) < 4.78 is 10.5. The Hall–Kier alpha value is -2.73. The summed E-state index contributed by atoms with van der Waals surface area (Å²) in [5.74, 6) is 0.733. The average Bonchev–Trinajstić information content (AvgIpc) is 2.64. The molecular weight excluding hydrogens is 368 g/mol. The van der Waals surface area contributed by atoms with Crippen LogP contribution in [0.5, 0.6) is 11.5 Å². The van der Waals surface area contributed by atoms with E-state index in [-0.39, 0.29) is 24.8 Å². The number of benzene rings is 2. The fourth-order valence-electron chi connectivity index (χ4n) is 2.61. The number of nitrogens with one attached hydrogen (secondary N) is 1. The molecule has 0 saturated carbocycles. The molecule has 6 nitrogen and oxygen atoms in total. The average molecular weight is 391 g/mol. The summed E-state index contributed by atoms with van der Waals surface area (Å²) in [5.41, 5.74) is 2.04. The number of methoxy groups -OCH3 is 2. The number of amides is 2. The summed E-state index contributed by atoms with van der Waals surface area (Å²) in [6.45, 7) is 3.50. The Morgan fingerprint density at radius 2 is 1.89 bits per heavy atom. The van der Waals surface area contributed by atoms with Gasteiger partial charge in [0.1, 0.15) is 11.5 Å². The topological polar surface area (TPSA) is 67.9 Å². The van der Waals surface area contributed by atoms with Crippen molar-refractivity contribution in [3.8, 4) is 11.5 Å². The van der Waals surface area contributed by atoms with Gasteiger partial charge >= 0.3 is 0 Å². The molecule has 144 valence electrons. The van der Waals surface area contributed by atoms with Gasteiger partial charge in [-0.2, -0.15) is 0 Å². The van der Waals surface area contributed by atoms with Gasteiger partial charge < -0.3 is 19.7 Å². The Morgan fingerprint density at radius 3 is 2.52 bits per heavy atom. The van der Waals surface area contributed by atoms with Gasteiger partial charge in [0.2, 0.25) is 11.8 Å². The number of carbonyl (C=O) groups is 2. The fraction of sp³-hybridized carbons (Fsp3) is 0.300. The number of halogens is 1. The van der Waals surface area contributed by atoms with Gasteiger partial charge in [-0.3, -0.25) is 9.59 Å². The largest absolute Gasteiger partial charge is 0.497 e. The van der Waals surface area contributed by atoms with Crippen LogP contribution in [0, 0.1) is 6.92 Å². The van der Waals surface area contributed by atoms with E-state index in [0.717, 1.165) is 5.56 Å². The second-order valence-corrected chi connectivity index (χ2v) is 6.38. The zero-order valence-electron chi connectivity index (χ0n) is 15.8. The quantitative estimate of drug-likeness (QED) is 0.774. The summed E-state index contributed by atoms with van der Waals surface area (Å²) in [6.07, 6.45) is 0.127. The van der Waals surface area contributed by atoms with E-state index < -0.39 is 0 Å². The maximum atomic E-state index is 12.3. The minimum atomic E-state index is -0.209. The molecule has 0 aromatic heterocycles. The van der Waals surface area contributed by atoms with Crippen molar-refractivity contribution in [2.24, 2.45) is 0 Å². The predicted octanol–water partition coefficient (Wildman–Crippen LogP) is 4.05. The molecule has 0 atom stereocenters. The van der Waals surface area contributed by atoms with Crippen LogP contribution >= 0.6 is 11.6 Å². The van der Waals surface area contributed by atoms with E-state index in [1.807, 2.05) is 6.92 Å². The normalized spacial score (nSPS) is 10.3. The molecule has 27 heavy (non-hydrogen) atoms. The zero-order valence-corrected chi connectivity index (χ0v) is 16.6. The highest BCUT2D eigenvalue weighted by Crippen LogP contribution is 2.34. The lowest BCUT2D eigenvalue weighted by Gasteiger charge is -2.24. The second-order valence-electron chi connectivity index (χ2n) is 5.97. The van der Waals surface area contributed by atoms with Gasteiger partial charge in [-0.15, -0.1) is 0 Å². The van der Waals surface area contributed by atoms with Crippen molar-refractivity contribution in [3.63, 3.8) is 0 Å². The van der Waals surface area contributed by atoms with Gasteiger partial charge in [0.05, 0.1) is 19.9 Å². The van der Waals surface area contributed by atoms with Crippen LogP contribution in [-0.4, -0.2) is 32.6 Å². The molecule has 7 heteroatoms. The van der Waals surface area contributed by atoms with Crippen LogP contribution in [0.4, 0.5) is 11.4 Å². The first-order valence-electron chi connectivity index (χ1n) is 8.42. The van der Waals surface area contributed by atoms with E-state index in [1.165, 1.54) is 18.9 Å². The van der Waals surface area contributed by atoms with Crippen LogP contribution in [0.25, 0.3) is 0 Å². The third-order valence-electron chi connectivity index (χ3n) is 4.05. The monoisotopic (exact) mass is 390 g/mol. The van der Waals surface area contributed by atoms with Crippen LogP contribution in [0.3, 0.4) is 0 Å². The van der Waals surface area contributed by atoms with Crippen molar-refractivity contribution in [1.82, 2.24) is 0 Å². The number of hydrogen-bond acceptors (Lipinski definition) is 4. The Morgan fingerprint density at radius 1 is 1.15 bits per heavy atom. The van der Waals surface area contributed by atoms with Gasteiger partial charge in [0.25, 0.3) is 0 Å². The van der Waals surface area contributed by atoms with Crippen molar-refractivity contribution in [1.29, 1.82) is 0 Å². The highest BCUT2D eigenvalue weighted by molar-refractivity contribution is 6.31. The predicted molar refractivity (Wildman–Crippen MR) is 107 cm³/mol. The van der Waals surface area contributed by atoms with E-state index in [1.54, 1.807) is 43.5 Å². The number of nitrogens with zero attached hydrogens (tertiary/aromatic N) is 1. The summed E-state index contributed by atoms with van der Waals surface area (Å²) in [4.78, 5) is 26.0. The Labute approximate surface area is 164 Å². The van der Waals surface area contributed by atoms with Gasteiger partial charge in [-0.1, -0.05) is 17.7 Å². The van der Waals surface area contributed by atoms with Crippen molar-refractivity contribution >= 4 is 34.8 Å². The Kier molecular flexibility index (Phi) is 7.07. The number of anilines is 2. The van der Waals surface area contributed by atoms with E-state index in [4.69, 9.17) is 21.1 Å². The van der Waals surface area contributed by atoms with Crippen LogP contribution in [-0.2, 0) is 9.59 Å². The van der Waals surface area contributed by atoms with Crippen molar-refractivity contribution < 1.29 is 19.1 Å². The molecule has 2 amide bonds. The van der Waals surface area contributed by atoms with Crippen molar-refractivity contribution in [2.45, 2.75) is 20.3 Å². The van der Waals surface area contributed by atoms with Gasteiger partial charge in [-0.05, 0) is 30.7 Å². The van der Waals surface area contributed by atoms with Gasteiger partial charge in [0.15, 0.2) is 0 Å². The molecule has 2 rings (SSSR count). The molecule has 0 bridgehead atoms. The number of hydrogen-bond donors (Lipinski definition) is 1. The highest BCUT2D eigenvalue weighted by Gasteiger charge is 2.19. The first-order chi connectivity index (χ1) is 12.8. The van der Waals surface area contributed by atoms with Crippen LogP contribution in [0.2, 0.25) is 5.02 Å².